The SMILES string of the molecule is CC[C@@H](C)N(Cc1ccccn1)C(=O)Nc1cc(-n2cnnc2)ccc1C. The standard InChI is InChI=1S/C20H24N6O/c1-4-16(3)26(12-17-7-5-6-10-21-17)20(27)24-19-11-18(9-8-15(19)2)25-13-22-23-14-25/h5-11,13-14,16H,4,12H2,1-3H3,(H,24,27)/t16-/m1/s1. The van der Waals surface area contributed by atoms with Crippen LogP contribution in [0.3, 0.4) is 0 Å². The number of nitrogens with zero attached hydrogens (tertiary/aromatic N) is 5. The van der Waals surface area contributed by atoms with Crippen molar-refractivity contribution in [3.05, 3.63) is 66.5 Å². The Balaban J connectivity index is 1.82. The maximum absolute atomic E-state index is 13.0. The van der Waals surface area contributed by atoms with Crippen molar-refractivity contribution in [2.45, 2.75) is 39.8 Å². The minimum atomic E-state index is -0.140. The van der Waals surface area contributed by atoms with Crippen LogP contribution in [-0.2, 0) is 6.54 Å². The fourth-order valence-electron chi connectivity index (χ4n) is 2.74. The molecule has 27 heavy (non-hydrogen) atoms. The van der Waals surface area contributed by atoms with Gasteiger partial charge in [0.25, 0.3) is 0 Å². The molecule has 0 aliphatic heterocycles. The Morgan fingerprint density at radius 1 is 1.22 bits per heavy atom. The molecular weight excluding hydrogens is 340 g/mol. The molecule has 7 nitrogen and oxygen atoms in total. The molecule has 7 heteroatoms. The van der Waals surface area contributed by atoms with Crippen molar-refractivity contribution in [1.29, 1.82) is 0 Å². The highest BCUT2D eigenvalue weighted by Crippen LogP contribution is 2.21. The van der Waals surface area contributed by atoms with Crippen molar-refractivity contribution >= 4 is 11.7 Å². The van der Waals surface area contributed by atoms with E-state index in [1.54, 1.807) is 23.4 Å². The van der Waals surface area contributed by atoms with Gasteiger partial charge in [0.2, 0.25) is 0 Å². The van der Waals surface area contributed by atoms with E-state index < -0.39 is 0 Å². The summed E-state index contributed by atoms with van der Waals surface area (Å²) in [5.74, 6) is 0. The Morgan fingerprint density at radius 2 is 2.00 bits per heavy atom. The van der Waals surface area contributed by atoms with Crippen molar-refractivity contribution in [3.63, 3.8) is 0 Å². The van der Waals surface area contributed by atoms with Gasteiger partial charge in [-0.05, 0) is 50.1 Å². The van der Waals surface area contributed by atoms with Gasteiger partial charge in [-0.3, -0.25) is 9.55 Å². The highest BCUT2D eigenvalue weighted by molar-refractivity contribution is 5.90. The van der Waals surface area contributed by atoms with Crippen molar-refractivity contribution in [3.8, 4) is 5.69 Å². The monoisotopic (exact) mass is 364 g/mol. The summed E-state index contributed by atoms with van der Waals surface area (Å²) in [7, 11) is 0. The Hall–Kier alpha value is -3.22. The molecule has 0 bridgehead atoms. The number of rotatable bonds is 6. The van der Waals surface area contributed by atoms with E-state index in [2.05, 4.69) is 27.4 Å². The molecule has 2 amide bonds. The predicted octanol–water partition coefficient (Wildman–Crippen LogP) is 3.80. The number of benzene rings is 1. The number of nitrogens with one attached hydrogen (secondary N) is 1. The lowest BCUT2D eigenvalue weighted by molar-refractivity contribution is 0.186. The summed E-state index contributed by atoms with van der Waals surface area (Å²) in [5.41, 5.74) is 3.51. The molecule has 1 aromatic carbocycles. The van der Waals surface area contributed by atoms with Crippen LogP contribution in [-0.4, -0.2) is 36.7 Å². The summed E-state index contributed by atoms with van der Waals surface area (Å²) in [6, 6.07) is 11.5. The first-order chi connectivity index (χ1) is 13.1. The van der Waals surface area contributed by atoms with Gasteiger partial charge >= 0.3 is 6.03 Å². The minimum absolute atomic E-state index is 0.0911. The molecule has 1 atom stereocenters. The Kier molecular flexibility index (Phi) is 5.80. The van der Waals surface area contributed by atoms with Crippen LogP contribution in [0, 0.1) is 6.92 Å². The third kappa shape index (κ3) is 4.49. The van der Waals surface area contributed by atoms with Gasteiger partial charge in [0.1, 0.15) is 12.7 Å². The molecule has 1 N–H and O–H groups in total. The lowest BCUT2D eigenvalue weighted by Crippen LogP contribution is -2.41. The molecule has 3 rings (SSSR count). The number of aryl methyl sites for hydroxylation is 1. The Labute approximate surface area is 159 Å². The first-order valence-corrected chi connectivity index (χ1v) is 9.01. The molecule has 3 aromatic rings. The molecule has 140 valence electrons. The maximum atomic E-state index is 13.0. The minimum Gasteiger partial charge on any atom is -0.316 e. The number of carbonyl (C=O) groups is 1. The van der Waals surface area contributed by atoms with E-state index in [0.717, 1.165) is 29.1 Å². The van der Waals surface area contributed by atoms with Crippen LogP contribution in [0.1, 0.15) is 31.5 Å². The van der Waals surface area contributed by atoms with Gasteiger partial charge in [-0.1, -0.05) is 19.1 Å². The van der Waals surface area contributed by atoms with Gasteiger partial charge in [-0.25, -0.2) is 4.79 Å². The number of urea groups is 1. The molecule has 0 saturated heterocycles. The van der Waals surface area contributed by atoms with Gasteiger partial charge in [0.05, 0.1) is 17.9 Å². The summed E-state index contributed by atoms with van der Waals surface area (Å²) < 4.78 is 1.80. The largest absolute Gasteiger partial charge is 0.322 e. The van der Waals surface area contributed by atoms with Crippen molar-refractivity contribution in [2.24, 2.45) is 0 Å². The molecule has 0 aliphatic carbocycles. The third-order valence-electron chi connectivity index (χ3n) is 4.62. The third-order valence-corrected chi connectivity index (χ3v) is 4.62. The number of aromatic nitrogens is 4. The van der Waals surface area contributed by atoms with E-state index in [4.69, 9.17) is 0 Å². The fraction of sp³-hybridized carbons (Fsp3) is 0.300. The van der Waals surface area contributed by atoms with Crippen LogP contribution in [0.15, 0.2) is 55.2 Å². The topological polar surface area (TPSA) is 75.9 Å². The predicted molar refractivity (Wildman–Crippen MR) is 105 cm³/mol. The van der Waals surface area contributed by atoms with E-state index in [1.807, 2.05) is 55.1 Å². The summed E-state index contributed by atoms with van der Waals surface area (Å²) in [6.07, 6.45) is 5.86. The first kappa shape index (κ1) is 18.6. The zero-order valence-corrected chi connectivity index (χ0v) is 15.8. The van der Waals surface area contributed by atoms with Gasteiger partial charge in [-0.15, -0.1) is 10.2 Å². The van der Waals surface area contributed by atoms with Crippen LogP contribution >= 0.6 is 0 Å². The molecular formula is C20H24N6O. The van der Waals surface area contributed by atoms with E-state index in [0.29, 0.717) is 6.54 Å². The average molecular weight is 364 g/mol. The molecule has 0 spiro atoms. The zero-order valence-electron chi connectivity index (χ0n) is 15.8. The number of amides is 2. The second-order valence-electron chi connectivity index (χ2n) is 6.50. The normalized spacial score (nSPS) is 11.8. The van der Waals surface area contributed by atoms with E-state index in [1.165, 1.54) is 0 Å². The lowest BCUT2D eigenvalue weighted by atomic mass is 10.1. The van der Waals surface area contributed by atoms with E-state index in [-0.39, 0.29) is 12.1 Å². The summed E-state index contributed by atoms with van der Waals surface area (Å²) in [4.78, 5) is 19.2. The number of anilines is 1. The van der Waals surface area contributed by atoms with Crippen molar-refractivity contribution in [1.82, 2.24) is 24.6 Å². The number of pyridine rings is 1. The number of hydrogen-bond donors (Lipinski definition) is 1. The van der Waals surface area contributed by atoms with Gasteiger partial charge in [0.15, 0.2) is 0 Å². The maximum Gasteiger partial charge on any atom is 0.322 e. The summed E-state index contributed by atoms with van der Waals surface area (Å²) >= 11 is 0. The Bertz CT molecular complexity index is 879. The molecule has 0 saturated carbocycles. The molecule has 0 radical (unpaired) electrons. The fourth-order valence-corrected chi connectivity index (χ4v) is 2.74. The lowest BCUT2D eigenvalue weighted by Gasteiger charge is -2.29. The first-order valence-electron chi connectivity index (χ1n) is 9.01. The Morgan fingerprint density at radius 3 is 2.67 bits per heavy atom. The molecule has 2 heterocycles. The quantitative estimate of drug-likeness (QED) is 0.722. The van der Waals surface area contributed by atoms with Crippen LogP contribution in [0.5, 0.6) is 0 Å². The molecule has 0 fully saturated rings. The average Bonchev–Trinajstić information content (AvgIpc) is 3.22. The van der Waals surface area contributed by atoms with Crippen LogP contribution in [0.25, 0.3) is 5.69 Å². The number of hydrogen-bond acceptors (Lipinski definition) is 4. The van der Waals surface area contributed by atoms with Crippen LogP contribution in [0.2, 0.25) is 0 Å². The highest BCUT2D eigenvalue weighted by Gasteiger charge is 2.20. The van der Waals surface area contributed by atoms with Crippen molar-refractivity contribution < 1.29 is 4.79 Å². The van der Waals surface area contributed by atoms with Crippen molar-refractivity contribution in [2.75, 3.05) is 5.32 Å². The van der Waals surface area contributed by atoms with Gasteiger partial charge in [-0.2, -0.15) is 0 Å². The smallest absolute Gasteiger partial charge is 0.316 e. The van der Waals surface area contributed by atoms with E-state index in [9.17, 15) is 4.79 Å². The molecule has 0 aliphatic rings. The van der Waals surface area contributed by atoms with Gasteiger partial charge < -0.3 is 10.2 Å². The summed E-state index contributed by atoms with van der Waals surface area (Å²) in [6.45, 7) is 6.55. The summed E-state index contributed by atoms with van der Waals surface area (Å²) in [5, 5.41) is 10.7. The van der Waals surface area contributed by atoms with Gasteiger partial charge in [0, 0.05) is 17.9 Å². The van der Waals surface area contributed by atoms with E-state index >= 15 is 0 Å². The highest BCUT2D eigenvalue weighted by atomic mass is 16.2. The molecule has 0 unspecified atom stereocenters. The second-order valence-corrected chi connectivity index (χ2v) is 6.50. The van der Waals surface area contributed by atoms with Crippen LogP contribution < -0.4 is 5.32 Å². The number of carbonyl (C=O) groups excluding carboxylic acids is 1. The molecule has 2 aromatic heterocycles. The second kappa shape index (κ2) is 8.44. The zero-order chi connectivity index (χ0) is 19.2. The van der Waals surface area contributed by atoms with Crippen LogP contribution in [0.4, 0.5) is 10.5 Å².